The maximum Gasteiger partial charge on any atom is 0.267 e. The molecule has 4 rings (SSSR count). The molecule has 2 saturated heterocycles. The number of aromatic nitrogens is 2. The molecular weight excluding hydrogens is 416 g/mol. The Bertz CT molecular complexity index is 975. The third-order valence-corrected chi connectivity index (χ3v) is 6.82. The van der Waals surface area contributed by atoms with Crippen LogP contribution in [0.25, 0.3) is 0 Å². The molecule has 8 heteroatoms. The van der Waals surface area contributed by atoms with Crippen LogP contribution in [0.15, 0.2) is 41.2 Å². The third-order valence-electron chi connectivity index (χ3n) is 6.57. The largest absolute Gasteiger partial charge is 0.385 e. The molecule has 0 atom stereocenters. The molecule has 3 heterocycles. The first-order valence-corrected chi connectivity index (χ1v) is 11.3. The van der Waals surface area contributed by atoms with Gasteiger partial charge in [0, 0.05) is 37.3 Å². The average molecular weight is 445 g/mol. The molecule has 7 nitrogen and oxygen atoms in total. The zero-order valence-electron chi connectivity index (χ0n) is 17.8. The summed E-state index contributed by atoms with van der Waals surface area (Å²) in [5.41, 5.74) is -0.440. The van der Waals surface area contributed by atoms with Gasteiger partial charge in [0.2, 0.25) is 5.91 Å². The lowest BCUT2D eigenvalue weighted by Gasteiger charge is -2.38. The van der Waals surface area contributed by atoms with Crippen LogP contribution in [0, 0.1) is 5.92 Å². The van der Waals surface area contributed by atoms with Gasteiger partial charge in [0.1, 0.15) is 12.4 Å². The van der Waals surface area contributed by atoms with Crippen LogP contribution in [0.5, 0.6) is 0 Å². The van der Waals surface area contributed by atoms with Gasteiger partial charge in [-0.25, -0.2) is 4.68 Å². The summed E-state index contributed by atoms with van der Waals surface area (Å²) in [5.74, 6) is 1.29. The van der Waals surface area contributed by atoms with Crippen LogP contribution < -0.4 is 10.5 Å². The zero-order chi connectivity index (χ0) is 22.0. The minimum absolute atomic E-state index is 0.0870. The molecule has 166 valence electrons. The number of likely N-dealkylation sites (tertiary alicyclic amines) is 1. The highest BCUT2D eigenvalue weighted by atomic mass is 35.5. The quantitative estimate of drug-likeness (QED) is 0.784. The van der Waals surface area contributed by atoms with Crippen molar-refractivity contribution in [3.05, 3.63) is 57.3 Å². The summed E-state index contributed by atoms with van der Waals surface area (Å²) in [5, 5.41) is 16.1. The number of nitrogens with zero attached hydrogens (tertiary/aromatic N) is 4. The van der Waals surface area contributed by atoms with Crippen molar-refractivity contribution in [1.82, 2.24) is 14.7 Å². The Labute approximate surface area is 187 Å². The van der Waals surface area contributed by atoms with E-state index in [0.29, 0.717) is 36.9 Å². The Morgan fingerprint density at radius 3 is 2.39 bits per heavy atom. The number of piperidine rings is 2. The van der Waals surface area contributed by atoms with Gasteiger partial charge in [-0.05, 0) is 55.4 Å². The first-order valence-electron chi connectivity index (χ1n) is 10.9. The van der Waals surface area contributed by atoms with E-state index in [2.05, 4.69) is 16.9 Å². The van der Waals surface area contributed by atoms with Crippen LogP contribution in [-0.4, -0.2) is 51.9 Å². The van der Waals surface area contributed by atoms with Gasteiger partial charge < -0.3 is 14.9 Å². The maximum atomic E-state index is 12.9. The van der Waals surface area contributed by atoms with Crippen LogP contribution in [0.3, 0.4) is 0 Å². The van der Waals surface area contributed by atoms with Gasteiger partial charge >= 0.3 is 0 Å². The molecule has 0 aliphatic carbocycles. The van der Waals surface area contributed by atoms with E-state index in [1.165, 1.54) is 10.7 Å². The molecule has 2 fully saturated rings. The van der Waals surface area contributed by atoms with Gasteiger partial charge in [-0.3, -0.25) is 9.59 Å². The molecule has 2 aliphatic rings. The van der Waals surface area contributed by atoms with Crippen molar-refractivity contribution in [3.8, 4) is 0 Å². The van der Waals surface area contributed by atoms with E-state index in [4.69, 9.17) is 11.6 Å². The summed E-state index contributed by atoms with van der Waals surface area (Å²) in [6.45, 7) is 4.84. The van der Waals surface area contributed by atoms with E-state index in [0.717, 1.165) is 37.3 Å². The van der Waals surface area contributed by atoms with Crippen molar-refractivity contribution in [2.75, 3.05) is 31.1 Å². The van der Waals surface area contributed by atoms with Gasteiger partial charge in [0.05, 0.1) is 5.60 Å². The lowest BCUT2D eigenvalue weighted by atomic mass is 9.84. The number of carbonyl (C=O) groups is 1. The summed E-state index contributed by atoms with van der Waals surface area (Å²) < 4.78 is 1.26. The van der Waals surface area contributed by atoms with Crippen molar-refractivity contribution < 1.29 is 9.90 Å². The van der Waals surface area contributed by atoms with Crippen LogP contribution >= 0.6 is 11.6 Å². The predicted molar refractivity (Wildman–Crippen MR) is 120 cm³/mol. The second kappa shape index (κ2) is 9.01. The number of anilines is 1. The number of amides is 1. The van der Waals surface area contributed by atoms with E-state index in [-0.39, 0.29) is 18.0 Å². The summed E-state index contributed by atoms with van der Waals surface area (Å²) in [6.07, 6.45) is 3.08. The van der Waals surface area contributed by atoms with E-state index < -0.39 is 5.60 Å². The molecule has 0 saturated carbocycles. The number of carbonyl (C=O) groups excluding carboxylic acids is 1. The zero-order valence-corrected chi connectivity index (χ0v) is 18.6. The van der Waals surface area contributed by atoms with E-state index in [9.17, 15) is 14.7 Å². The van der Waals surface area contributed by atoms with Crippen molar-refractivity contribution in [2.24, 2.45) is 5.92 Å². The fourth-order valence-corrected chi connectivity index (χ4v) is 4.49. The number of hydrogen-bond donors (Lipinski definition) is 1. The van der Waals surface area contributed by atoms with Gasteiger partial charge in [0.15, 0.2) is 0 Å². The van der Waals surface area contributed by atoms with Crippen LogP contribution in [-0.2, 0) is 16.9 Å². The topological polar surface area (TPSA) is 78.7 Å². The molecule has 2 aliphatic heterocycles. The Kier molecular flexibility index (Phi) is 6.34. The molecule has 1 aromatic carbocycles. The number of rotatable bonds is 4. The monoisotopic (exact) mass is 444 g/mol. The van der Waals surface area contributed by atoms with E-state index in [1.54, 1.807) is 23.1 Å². The Morgan fingerprint density at radius 2 is 1.74 bits per heavy atom. The van der Waals surface area contributed by atoms with Crippen molar-refractivity contribution in [1.29, 1.82) is 0 Å². The van der Waals surface area contributed by atoms with Gasteiger partial charge in [-0.15, -0.1) is 0 Å². The van der Waals surface area contributed by atoms with Crippen LogP contribution in [0.4, 0.5) is 5.82 Å². The Balaban J connectivity index is 1.39. The van der Waals surface area contributed by atoms with Gasteiger partial charge in [-0.1, -0.05) is 30.7 Å². The number of hydrogen-bond acceptors (Lipinski definition) is 5. The Hall–Kier alpha value is -2.38. The van der Waals surface area contributed by atoms with Crippen molar-refractivity contribution in [3.63, 3.8) is 0 Å². The molecule has 1 N–H and O–H groups in total. The molecule has 0 spiro atoms. The fourth-order valence-electron chi connectivity index (χ4n) is 4.36. The third kappa shape index (κ3) is 4.93. The van der Waals surface area contributed by atoms with E-state index in [1.807, 2.05) is 12.1 Å². The lowest BCUT2D eigenvalue weighted by molar-refractivity contribution is -0.136. The SMILES string of the molecule is CC1CCN(c2ccc(=O)n(CC(=O)N3CCC(O)(c4ccc(Cl)cc4)CC3)n2)CC1. The van der Waals surface area contributed by atoms with Gasteiger partial charge in [0.25, 0.3) is 5.56 Å². The molecule has 0 unspecified atom stereocenters. The highest BCUT2D eigenvalue weighted by Gasteiger charge is 2.35. The lowest BCUT2D eigenvalue weighted by Crippen LogP contribution is -2.47. The number of benzene rings is 1. The molecule has 1 amide bonds. The highest BCUT2D eigenvalue weighted by molar-refractivity contribution is 6.30. The smallest absolute Gasteiger partial charge is 0.267 e. The van der Waals surface area contributed by atoms with Crippen LogP contribution in [0.1, 0.15) is 38.2 Å². The fraction of sp³-hybridized carbons (Fsp3) is 0.522. The summed E-state index contributed by atoms with van der Waals surface area (Å²) in [4.78, 5) is 29.0. The molecule has 2 aromatic rings. The second-order valence-electron chi connectivity index (χ2n) is 8.78. The Morgan fingerprint density at radius 1 is 1.10 bits per heavy atom. The summed E-state index contributed by atoms with van der Waals surface area (Å²) in [7, 11) is 0. The van der Waals surface area contributed by atoms with Gasteiger partial charge in [-0.2, -0.15) is 5.10 Å². The van der Waals surface area contributed by atoms with E-state index >= 15 is 0 Å². The second-order valence-corrected chi connectivity index (χ2v) is 9.21. The van der Waals surface area contributed by atoms with Crippen LogP contribution in [0.2, 0.25) is 5.02 Å². The molecule has 1 aromatic heterocycles. The normalized spacial score (nSPS) is 19.5. The maximum absolute atomic E-state index is 12.9. The highest BCUT2D eigenvalue weighted by Crippen LogP contribution is 2.33. The first kappa shape index (κ1) is 21.8. The van der Waals surface area contributed by atoms with Crippen molar-refractivity contribution >= 4 is 23.3 Å². The molecule has 0 bridgehead atoms. The molecule has 0 radical (unpaired) electrons. The minimum Gasteiger partial charge on any atom is -0.385 e. The van der Waals surface area contributed by atoms with Crippen molar-refractivity contribution in [2.45, 2.75) is 44.8 Å². The summed E-state index contributed by atoms with van der Waals surface area (Å²) in [6, 6.07) is 10.4. The average Bonchev–Trinajstić information content (AvgIpc) is 2.77. The number of halogens is 1. The summed E-state index contributed by atoms with van der Waals surface area (Å²) >= 11 is 5.95. The predicted octanol–water partition coefficient (Wildman–Crippen LogP) is 2.64. The first-order chi connectivity index (χ1) is 14.8. The number of aliphatic hydroxyl groups is 1. The standard InChI is InChI=1S/C23H29ClN4O3/c1-17-8-12-26(13-9-17)20-6-7-21(29)28(25-20)16-22(30)27-14-10-23(31,11-15-27)18-2-4-19(24)5-3-18/h2-7,17,31H,8-16H2,1H3. The minimum atomic E-state index is -0.970. The molecular formula is C23H29ClN4O3. The molecule has 31 heavy (non-hydrogen) atoms.